The first kappa shape index (κ1) is 29.3. The van der Waals surface area contributed by atoms with Crippen LogP contribution in [-0.2, 0) is 24.6 Å². The molecule has 3 aromatic carbocycles. The highest BCUT2D eigenvalue weighted by Crippen LogP contribution is 2.65. The summed E-state index contributed by atoms with van der Waals surface area (Å²) >= 11 is 3.56. The second kappa shape index (κ2) is 10.6. The maximum atomic E-state index is 15.1. The van der Waals surface area contributed by atoms with E-state index in [4.69, 9.17) is 4.74 Å². The molecule has 2 heterocycles. The quantitative estimate of drug-likeness (QED) is 0.287. The molecule has 2 N–H and O–H groups in total. The van der Waals surface area contributed by atoms with Crippen molar-refractivity contribution in [1.82, 2.24) is 9.91 Å². The van der Waals surface area contributed by atoms with Gasteiger partial charge in [-0.1, -0.05) is 75.6 Å². The van der Waals surface area contributed by atoms with Crippen molar-refractivity contribution in [3.63, 3.8) is 0 Å². The van der Waals surface area contributed by atoms with E-state index >= 15 is 4.79 Å². The number of nitrogens with one attached hydrogen (secondary N) is 1. The van der Waals surface area contributed by atoms with Crippen LogP contribution in [-0.4, -0.2) is 52.8 Å². The third-order valence-electron chi connectivity index (χ3n) is 10.2. The van der Waals surface area contributed by atoms with E-state index in [1.807, 2.05) is 55.5 Å². The van der Waals surface area contributed by atoms with Crippen LogP contribution in [0.4, 0.5) is 5.69 Å². The van der Waals surface area contributed by atoms with Gasteiger partial charge in [-0.2, -0.15) is 5.01 Å². The number of aromatic hydroxyl groups is 1. The number of fused-ring (bicyclic) bond motifs is 4. The fraction of sp³-hybridized carbons (Fsp3) is 0.314. The number of carbonyl (C=O) groups excluding carboxylic acids is 4. The number of amides is 4. The number of nitrogens with zero attached hydrogens (tertiary/aromatic N) is 2. The van der Waals surface area contributed by atoms with Crippen molar-refractivity contribution in [2.45, 2.75) is 31.1 Å². The lowest BCUT2D eigenvalue weighted by atomic mass is 9.49. The van der Waals surface area contributed by atoms with Crippen LogP contribution in [0.25, 0.3) is 0 Å². The van der Waals surface area contributed by atoms with E-state index in [-0.39, 0.29) is 29.7 Å². The summed E-state index contributed by atoms with van der Waals surface area (Å²) in [4.78, 5) is 57.6. The summed E-state index contributed by atoms with van der Waals surface area (Å²) in [6, 6.07) is 20.0. The maximum Gasteiger partial charge on any atom is 0.260 e. The molecule has 6 unspecified atom stereocenters. The van der Waals surface area contributed by atoms with E-state index in [0.717, 1.165) is 16.1 Å². The van der Waals surface area contributed by atoms with Crippen molar-refractivity contribution in [3.05, 3.63) is 99.5 Å². The lowest BCUT2D eigenvalue weighted by molar-refractivity contribution is -0.140. The zero-order valence-corrected chi connectivity index (χ0v) is 26.6. The molecule has 2 aliphatic carbocycles. The molecule has 3 fully saturated rings. The second-order valence-electron chi connectivity index (χ2n) is 12.4. The summed E-state index contributed by atoms with van der Waals surface area (Å²) < 4.78 is 6.15. The number of hydrazine groups is 1. The van der Waals surface area contributed by atoms with Gasteiger partial charge in [0.2, 0.25) is 11.8 Å². The van der Waals surface area contributed by atoms with Crippen LogP contribution in [0.15, 0.2) is 82.9 Å². The molecule has 10 heteroatoms. The number of allylic oxidation sites excluding steroid dienone is 2. The number of anilines is 1. The fourth-order valence-corrected chi connectivity index (χ4v) is 8.67. The van der Waals surface area contributed by atoms with Gasteiger partial charge in [-0.25, -0.2) is 0 Å². The largest absolute Gasteiger partial charge is 0.504 e. The fourth-order valence-electron chi connectivity index (χ4n) is 8.22. The van der Waals surface area contributed by atoms with Gasteiger partial charge < -0.3 is 9.84 Å². The lowest BCUT2D eigenvalue weighted by Crippen LogP contribution is -2.53. The number of hydrogen-bond acceptors (Lipinski definition) is 7. The number of carbonyl (C=O) groups is 4. The van der Waals surface area contributed by atoms with Gasteiger partial charge >= 0.3 is 0 Å². The molecular formula is C35H32BrN3O6. The van der Waals surface area contributed by atoms with Gasteiger partial charge in [0.05, 0.1) is 36.0 Å². The number of methoxy groups -OCH3 is 1. The van der Waals surface area contributed by atoms with Crippen LogP contribution in [0.2, 0.25) is 0 Å². The standard InChI is InChI=1S/C35H32BrN3O6/c1-18-9-11-21(12-10-18)37-39-32(42)26-17-24-22(13-14-23-28(24)33(43)38(2)31(23)41)29(25-15-20(36)16-27(45-3)30(25)40)35(26,34(39)44)19-7-5-4-6-8-19/h4-13,15-16,23-24,26,28-29,37,40H,14,17H2,1-3H3. The number of aryl methyl sites for hydroxylation is 1. The van der Waals surface area contributed by atoms with E-state index in [1.165, 1.54) is 19.1 Å². The van der Waals surface area contributed by atoms with Crippen LogP contribution in [0.5, 0.6) is 11.5 Å². The van der Waals surface area contributed by atoms with Crippen LogP contribution in [0.3, 0.4) is 0 Å². The highest BCUT2D eigenvalue weighted by molar-refractivity contribution is 9.10. The van der Waals surface area contributed by atoms with E-state index in [2.05, 4.69) is 21.4 Å². The average Bonchev–Trinajstić information content (AvgIpc) is 3.40. The molecule has 4 amide bonds. The van der Waals surface area contributed by atoms with Gasteiger partial charge in [-0.15, -0.1) is 0 Å². The Morgan fingerprint density at radius 1 is 0.956 bits per heavy atom. The molecule has 7 rings (SSSR count). The molecule has 0 spiro atoms. The Morgan fingerprint density at radius 2 is 1.67 bits per heavy atom. The van der Waals surface area contributed by atoms with Crippen LogP contribution < -0.4 is 10.2 Å². The molecule has 9 nitrogen and oxygen atoms in total. The molecule has 0 bridgehead atoms. The first-order valence-electron chi connectivity index (χ1n) is 14.9. The van der Waals surface area contributed by atoms with E-state index < -0.39 is 46.8 Å². The van der Waals surface area contributed by atoms with Gasteiger partial charge in [0, 0.05) is 23.0 Å². The number of phenolic OH excluding ortho intramolecular Hbond substituents is 1. The first-order chi connectivity index (χ1) is 21.6. The lowest BCUT2D eigenvalue weighted by Gasteiger charge is -2.50. The summed E-state index contributed by atoms with van der Waals surface area (Å²) in [6.07, 6.45) is 2.47. The van der Waals surface area contributed by atoms with E-state index in [0.29, 0.717) is 27.7 Å². The third-order valence-corrected chi connectivity index (χ3v) is 10.7. The Hall–Kier alpha value is -4.44. The van der Waals surface area contributed by atoms with Crippen molar-refractivity contribution in [2.24, 2.45) is 23.7 Å². The van der Waals surface area contributed by atoms with Gasteiger partial charge in [0.15, 0.2) is 11.5 Å². The number of likely N-dealkylation sites (tertiary alicyclic amines) is 1. The summed E-state index contributed by atoms with van der Waals surface area (Å²) in [5, 5.41) is 12.8. The number of halogens is 1. The summed E-state index contributed by atoms with van der Waals surface area (Å²) in [7, 11) is 2.95. The topological polar surface area (TPSA) is 116 Å². The van der Waals surface area contributed by atoms with E-state index in [9.17, 15) is 19.5 Å². The molecular weight excluding hydrogens is 638 g/mol. The van der Waals surface area contributed by atoms with Crippen molar-refractivity contribution in [3.8, 4) is 11.5 Å². The molecule has 45 heavy (non-hydrogen) atoms. The van der Waals surface area contributed by atoms with Crippen molar-refractivity contribution >= 4 is 45.2 Å². The predicted molar refractivity (Wildman–Crippen MR) is 169 cm³/mol. The maximum absolute atomic E-state index is 15.1. The van der Waals surface area contributed by atoms with Gasteiger partial charge in [0.25, 0.3) is 11.8 Å². The Balaban J connectivity index is 1.50. The molecule has 4 aliphatic rings. The Labute approximate surface area is 268 Å². The first-order valence-corrected chi connectivity index (χ1v) is 15.7. The Kier molecular flexibility index (Phi) is 6.88. The molecule has 0 aromatic heterocycles. The minimum absolute atomic E-state index is 0.153. The molecule has 2 saturated heterocycles. The Bertz CT molecular complexity index is 1790. The van der Waals surface area contributed by atoms with Crippen LogP contribution >= 0.6 is 15.9 Å². The Morgan fingerprint density at radius 3 is 2.36 bits per heavy atom. The van der Waals surface area contributed by atoms with Crippen molar-refractivity contribution in [2.75, 3.05) is 19.6 Å². The summed E-state index contributed by atoms with van der Waals surface area (Å²) in [5.41, 5.74) is 4.98. The smallest absolute Gasteiger partial charge is 0.260 e. The van der Waals surface area contributed by atoms with Crippen molar-refractivity contribution < 1.29 is 29.0 Å². The molecule has 0 radical (unpaired) electrons. The minimum atomic E-state index is -1.48. The number of hydrogen-bond donors (Lipinski definition) is 2. The SMILES string of the molecule is COc1cc(Br)cc(C2C3=CCC4C(=O)N(C)C(=O)C4C3CC3C(=O)N(Nc4ccc(C)cc4)C(=O)C32c2ccccc2)c1O. The summed E-state index contributed by atoms with van der Waals surface area (Å²) in [5.74, 6) is -4.83. The minimum Gasteiger partial charge on any atom is -0.504 e. The third kappa shape index (κ3) is 4.11. The predicted octanol–water partition coefficient (Wildman–Crippen LogP) is 5.09. The number of imide groups is 2. The average molecular weight is 671 g/mol. The summed E-state index contributed by atoms with van der Waals surface area (Å²) in [6.45, 7) is 1.95. The number of benzene rings is 3. The number of rotatable bonds is 5. The van der Waals surface area contributed by atoms with Crippen molar-refractivity contribution in [1.29, 1.82) is 0 Å². The molecule has 230 valence electrons. The number of phenols is 1. The molecule has 2 aliphatic heterocycles. The number of ether oxygens (including phenoxy) is 1. The van der Waals surface area contributed by atoms with E-state index in [1.54, 1.807) is 24.3 Å². The molecule has 6 atom stereocenters. The monoisotopic (exact) mass is 669 g/mol. The highest BCUT2D eigenvalue weighted by Gasteiger charge is 2.70. The van der Waals surface area contributed by atoms with Crippen LogP contribution in [0, 0.1) is 30.6 Å². The molecule has 3 aromatic rings. The molecule has 1 saturated carbocycles. The highest BCUT2D eigenvalue weighted by atomic mass is 79.9. The van der Waals surface area contributed by atoms with Gasteiger partial charge in [-0.05, 0) is 55.5 Å². The van der Waals surface area contributed by atoms with Gasteiger partial charge in [-0.3, -0.25) is 29.5 Å². The van der Waals surface area contributed by atoms with Crippen LogP contribution in [0.1, 0.15) is 35.4 Å². The zero-order chi connectivity index (χ0) is 31.8. The second-order valence-corrected chi connectivity index (χ2v) is 13.3. The van der Waals surface area contributed by atoms with Gasteiger partial charge in [0.1, 0.15) is 0 Å². The normalized spacial score (nSPS) is 28.9. The zero-order valence-electron chi connectivity index (χ0n) is 25.0.